The number of amides is 1. The molecule has 3 N–H and O–H groups in total. The van der Waals surface area contributed by atoms with Crippen molar-refractivity contribution in [1.82, 2.24) is 15.1 Å². The van der Waals surface area contributed by atoms with Gasteiger partial charge in [0, 0.05) is 37.8 Å². The molecule has 96 valence electrons. The first-order chi connectivity index (χ1) is 7.79. The molecule has 5 heteroatoms. The summed E-state index contributed by atoms with van der Waals surface area (Å²) in [6.45, 7) is 6.60. The topological polar surface area (TPSA) is 72.9 Å². The summed E-state index contributed by atoms with van der Waals surface area (Å²) in [5.74, 6) is -0.0173. The Morgan fingerprint density at radius 3 is 2.71 bits per heavy atom. The largest absolute Gasteiger partial charge is 0.352 e. The Labute approximate surface area is 102 Å². The van der Waals surface area contributed by atoms with Crippen LogP contribution in [0.15, 0.2) is 12.4 Å². The third-order valence-electron chi connectivity index (χ3n) is 2.77. The maximum Gasteiger partial charge on any atom is 0.221 e. The third kappa shape index (κ3) is 4.56. The van der Waals surface area contributed by atoms with Crippen molar-refractivity contribution in [2.24, 2.45) is 18.2 Å². The number of carbonyl (C=O) groups is 1. The van der Waals surface area contributed by atoms with Crippen molar-refractivity contribution >= 4 is 5.91 Å². The van der Waals surface area contributed by atoms with E-state index in [1.165, 1.54) is 0 Å². The van der Waals surface area contributed by atoms with E-state index in [1.807, 2.05) is 34.0 Å². The van der Waals surface area contributed by atoms with Crippen LogP contribution in [0.25, 0.3) is 0 Å². The van der Waals surface area contributed by atoms with E-state index in [-0.39, 0.29) is 17.4 Å². The molecule has 0 aliphatic carbocycles. The zero-order valence-electron chi connectivity index (χ0n) is 11.0. The molecule has 1 amide bonds. The molecule has 5 nitrogen and oxygen atoms in total. The van der Waals surface area contributed by atoms with Crippen LogP contribution in [0, 0.1) is 5.41 Å². The number of hydrogen-bond acceptors (Lipinski definition) is 3. The predicted octanol–water partition coefficient (Wildman–Crippen LogP) is 0.800. The first kappa shape index (κ1) is 13.7. The highest BCUT2D eigenvalue weighted by Crippen LogP contribution is 2.19. The van der Waals surface area contributed by atoms with E-state index in [0.717, 1.165) is 5.56 Å². The molecule has 17 heavy (non-hydrogen) atoms. The van der Waals surface area contributed by atoms with Gasteiger partial charge in [-0.2, -0.15) is 5.10 Å². The third-order valence-corrected chi connectivity index (χ3v) is 2.77. The quantitative estimate of drug-likeness (QED) is 0.815. The summed E-state index contributed by atoms with van der Waals surface area (Å²) in [6, 6.07) is -0.128. The molecule has 0 saturated carbocycles. The highest BCUT2D eigenvalue weighted by molar-refractivity contribution is 5.76. The van der Waals surface area contributed by atoms with Gasteiger partial charge in [-0.25, -0.2) is 0 Å². The van der Waals surface area contributed by atoms with Gasteiger partial charge in [0.05, 0.1) is 6.20 Å². The minimum absolute atomic E-state index is 0.0173. The number of nitrogens with two attached hydrogens (primary N) is 1. The van der Waals surface area contributed by atoms with E-state index in [4.69, 9.17) is 5.73 Å². The van der Waals surface area contributed by atoms with Gasteiger partial charge in [-0.05, 0) is 5.41 Å². The summed E-state index contributed by atoms with van der Waals surface area (Å²) >= 11 is 0. The van der Waals surface area contributed by atoms with Crippen LogP contribution in [-0.4, -0.2) is 21.7 Å². The minimum Gasteiger partial charge on any atom is -0.352 e. The fourth-order valence-corrected chi connectivity index (χ4v) is 1.34. The van der Waals surface area contributed by atoms with Crippen LogP contribution in [-0.2, 0) is 18.4 Å². The normalized spacial score (nSPS) is 13.5. The number of aromatic nitrogens is 2. The van der Waals surface area contributed by atoms with E-state index in [2.05, 4.69) is 10.4 Å². The van der Waals surface area contributed by atoms with E-state index in [9.17, 15) is 4.79 Å². The molecular weight excluding hydrogens is 216 g/mol. The number of aryl methyl sites for hydroxylation is 1. The number of hydrogen-bond donors (Lipinski definition) is 2. The van der Waals surface area contributed by atoms with Gasteiger partial charge in [0.2, 0.25) is 5.91 Å². The zero-order valence-corrected chi connectivity index (χ0v) is 11.0. The summed E-state index contributed by atoms with van der Waals surface area (Å²) in [6.07, 6.45) is 3.97. The highest BCUT2D eigenvalue weighted by Gasteiger charge is 2.22. The van der Waals surface area contributed by atoms with Gasteiger partial charge in [0.25, 0.3) is 0 Å². The molecule has 1 unspecified atom stereocenters. The van der Waals surface area contributed by atoms with Crippen LogP contribution in [0.4, 0.5) is 0 Å². The molecule has 1 heterocycles. The molecule has 0 aliphatic rings. The van der Waals surface area contributed by atoms with Crippen molar-refractivity contribution < 1.29 is 4.79 Å². The lowest BCUT2D eigenvalue weighted by Crippen LogP contribution is -2.39. The Bertz CT molecular complexity index is 378. The molecule has 1 aromatic rings. The second-order valence-corrected chi connectivity index (χ2v) is 5.48. The summed E-state index contributed by atoms with van der Waals surface area (Å²) in [4.78, 5) is 11.7. The predicted molar refractivity (Wildman–Crippen MR) is 67.1 cm³/mol. The van der Waals surface area contributed by atoms with Crippen LogP contribution >= 0.6 is 0 Å². The second kappa shape index (κ2) is 5.31. The van der Waals surface area contributed by atoms with Crippen LogP contribution in [0.2, 0.25) is 0 Å². The minimum atomic E-state index is -0.128. The number of nitrogens with zero attached hydrogens (tertiary/aromatic N) is 2. The Balaban J connectivity index is 2.36. The van der Waals surface area contributed by atoms with Gasteiger partial charge >= 0.3 is 0 Å². The smallest absolute Gasteiger partial charge is 0.221 e. The van der Waals surface area contributed by atoms with Crippen molar-refractivity contribution in [2.45, 2.75) is 39.8 Å². The van der Waals surface area contributed by atoms with Crippen LogP contribution in [0.5, 0.6) is 0 Å². The Morgan fingerprint density at radius 2 is 2.24 bits per heavy atom. The fraction of sp³-hybridized carbons (Fsp3) is 0.667. The molecule has 1 atom stereocenters. The summed E-state index contributed by atoms with van der Waals surface area (Å²) in [7, 11) is 1.85. The van der Waals surface area contributed by atoms with Crippen LogP contribution in [0.1, 0.15) is 32.8 Å². The number of carbonyl (C=O) groups excluding carboxylic acids is 1. The van der Waals surface area contributed by atoms with Gasteiger partial charge < -0.3 is 11.1 Å². The lowest BCUT2D eigenvalue weighted by atomic mass is 9.85. The van der Waals surface area contributed by atoms with Gasteiger partial charge in [0.15, 0.2) is 0 Å². The van der Waals surface area contributed by atoms with Crippen molar-refractivity contribution in [1.29, 1.82) is 0 Å². The van der Waals surface area contributed by atoms with Gasteiger partial charge in [-0.3, -0.25) is 9.48 Å². The monoisotopic (exact) mass is 238 g/mol. The molecular formula is C12H22N4O. The summed E-state index contributed by atoms with van der Waals surface area (Å²) in [5, 5.41) is 6.88. The molecule has 0 aliphatic heterocycles. The zero-order chi connectivity index (χ0) is 13.1. The van der Waals surface area contributed by atoms with Gasteiger partial charge in [-0.1, -0.05) is 20.8 Å². The first-order valence-corrected chi connectivity index (χ1v) is 5.79. The molecule has 0 spiro atoms. The first-order valence-electron chi connectivity index (χ1n) is 5.79. The van der Waals surface area contributed by atoms with Crippen molar-refractivity contribution in [2.75, 3.05) is 0 Å². The van der Waals surface area contributed by atoms with E-state index in [1.54, 1.807) is 10.9 Å². The van der Waals surface area contributed by atoms with Gasteiger partial charge in [-0.15, -0.1) is 0 Å². The maximum absolute atomic E-state index is 11.7. The number of nitrogens with one attached hydrogen (secondary N) is 1. The molecule has 0 fully saturated rings. The highest BCUT2D eigenvalue weighted by atomic mass is 16.1. The molecule has 1 rings (SSSR count). The van der Waals surface area contributed by atoms with Crippen molar-refractivity contribution in [3.8, 4) is 0 Å². The Hall–Kier alpha value is -1.36. The second-order valence-electron chi connectivity index (χ2n) is 5.48. The van der Waals surface area contributed by atoms with E-state index >= 15 is 0 Å². The Morgan fingerprint density at radius 1 is 1.59 bits per heavy atom. The average molecular weight is 238 g/mol. The maximum atomic E-state index is 11.7. The van der Waals surface area contributed by atoms with Gasteiger partial charge in [0.1, 0.15) is 0 Å². The molecule has 0 aromatic carbocycles. The lowest BCUT2D eigenvalue weighted by molar-refractivity contribution is -0.122. The lowest BCUT2D eigenvalue weighted by Gasteiger charge is -2.26. The molecule has 1 aromatic heterocycles. The standard InChI is InChI=1S/C12H22N4O/c1-12(2,3)10(13)5-11(17)14-6-9-7-15-16(4)8-9/h7-8,10H,5-6,13H2,1-4H3,(H,14,17). The van der Waals surface area contributed by atoms with Crippen LogP contribution in [0.3, 0.4) is 0 Å². The molecule has 0 saturated heterocycles. The fourth-order valence-electron chi connectivity index (χ4n) is 1.34. The molecule has 0 radical (unpaired) electrons. The van der Waals surface area contributed by atoms with Crippen molar-refractivity contribution in [3.63, 3.8) is 0 Å². The molecule has 0 bridgehead atoms. The van der Waals surface area contributed by atoms with E-state index in [0.29, 0.717) is 13.0 Å². The average Bonchev–Trinajstić information content (AvgIpc) is 2.60. The summed E-state index contributed by atoms with van der Waals surface area (Å²) < 4.78 is 1.71. The number of rotatable bonds is 4. The summed E-state index contributed by atoms with van der Waals surface area (Å²) in [5.41, 5.74) is 6.89. The Kier molecular flexibility index (Phi) is 4.28. The van der Waals surface area contributed by atoms with E-state index < -0.39 is 0 Å². The van der Waals surface area contributed by atoms with Crippen molar-refractivity contribution in [3.05, 3.63) is 18.0 Å². The van der Waals surface area contributed by atoms with Crippen LogP contribution < -0.4 is 11.1 Å². The SMILES string of the molecule is Cn1cc(CNC(=O)CC(N)C(C)(C)C)cn1.